The van der Waals surface area contributed by atoms with Crippen LogP contribution in [-0.4, -0.2) is 53.5 Å². The van der Waals surface area contributed by atoms with Crippen molar-refractivity contribution in [2.75, 3.05) is 19.6 Å². The lowest BCUT2D eigenvalue weighted by Gasteiger charge is -2.59. The highest BCUT2D eigenvalue weighted by molar-refractivity contribution is 5.77. The first-order valence-corrected chi connectivity index (χ1v) is 11.2. The molecule has 8 nitrogen and oxygen atoms in total. The summed E-state index contributed by atoms with van der Waals surface area (Å²) in [6.45, 7) is 4.00. The summed E-state index contributed by atoms with van der Waals surface area (Å²) in [4.78, 5) is 15.2. The van der Waals surface area contributed by atoms with Crippen molar-refractivity contribution in [2.45, 2.75) is 32.2 Å². The molecule has 1 aliphatic heterocycles. The summed E-state index contributed by atoms with van der Waals surface area (Å²) < 4.78 is 19.3. The molecule has 9 heteroatoms. The van der Waals surface area contributed by atoms with Crippen molar-refractivity contribution in [3.63, 3.8) is 0 Å². The first kappa shape index (κ1) is 19.6. The fourth-order valence-corrected chi connectivity index (χ4v) is 5.82. The lowest BCUT2D eigenvalue weighted by Crippen LogP contribution is -2.62. The second-order valence-corrected chi connectivity index (χ2v) is 9.68. The van der Waals surface area contributed by atoms with Crippen LogP contribution in [0, 0.1) is 17.2 Å². The van der Waals surface area contributed by atoms with Crippen LogP contribution >= 0.6 is 0 Å². The van der Waals surface area contributed by atoms with Gasteiger partial charge >= 0.3 is 0 Å². The molecule has 1 spiro atoms. The topological polar surface area (TPSA) is 73.2 Å². The van der Waals surface area contributed by atoms with Crippen molar-refractivity contribution >= 4 is 16.6 Å². The Morgan fingerprint density at radius 2 is 2.12 bits per heavy atom. The standard InChI is InChI=1S/C23H26FN7O/c1-28-21-18(10-26-28)4-6-30(22(21)32)11-16-8-23(9-16)13-29(14-23)5-2-3-17-7-20-27-25-15-31(20)12-19(17)24/h4,6-7,10,12,15-16H,2-3,5,8-9,11,13-14H2,1H3. The number of rotatable bonds is 6. The first-order valence-electron chi connectivity index (χ1n) is 11.2. The Kier molecular flexibility index (Phi) is 4.43. The number of pyridine rings is 2. The number of halogens is 1. The fraction of sp³-hybridized carbons (Fsp3) is 0.478. The highest BCUT2D eigenvalue weighted by atomic mass is 19.1. The Morgan fingerprint density at radius 3 is 2.97 bits per heavy atom. The number of hydrogen-bond donors (Lipinski definition) is 0. The molecule has 0 radical (unpaired) electrons. The molecule has 5 heterocycles. The molecule has 1 aliphatic carbocycles. The molecule has 32 heavy (non-hydrogen) atoms. The van der Waals surface area contributed by atoms with E-state index in [-0.39, 0.29) is 11.4 Å². The van der Waals surface area contributed by atoms with Crippen LogP contribution in [0.2, 0.25) is 0 Å². The molecule has 4 aromatic heterocycles. The average Bonchev–Trinajstić information content (AvgIpc) is 3.32. The zero-order valence-electron chi connectivity index (χ0n) is 18.1. The molecule has 1 saturated carbocycles. The second kappa shape index (κ2) is 7.23. The largest absolute Gasteiger partial charge is 0.313 e. The maximum Gasteiger partial charge on any atom is 0.276 e. The maximum atomic E-state index is 14.2. The third kappa shape index (κ3) is 3.23. The van der Waals surface area contributed by atoms with E-state index in [1.165, 1.54) is 25.4 Å². The Hall–Kier alpha value is -3.07. The van der Waals surface area contributed by atoms with Crippen molar-refractivity contribution in [2.24, 2.45) is 18.4 Å². The van der Waals surface area contributed by atoms with Crippen LogP contribution in [0.5, 0.6) is 0 Å². The van der Waals surface area contributed by atoms with Crippen molar-refractivity contribution in [1.29, 1.82) is 0 Å². The smallest absolute Gasteiger partial charge is 0.276 e. The van der Waals surface area contributed by atoms with Gasteiger partial charge in [0.25, 0.3) is 5.56 Å². The average molecular weight is 436 g/mol. The minimum atomic E-state index is -0.196. The third-order valence-electron chi connectivity index (χ3n) is 7.26. The highest BCUT2D eigenvalue weighted by Gasteiger charge is 2.51. The van der Waals surface area contributed by atoms with Gasteiger partial charge in [-0.3, -0.25) is 13.9 Å². The van der Waals surface area contributed by atoms with Gasteiger partial charge in [-0.2, -0.15) is 5.10 Å². The Bertz CT molecular complexity index is 1360. The Morgan fingerprint density at radius 1 is 1.28 bits per heavy atom. The monoisotopic (exact) mass is 435 g/mol. The van der Waals surface area contributed by atoms with E-state index in [0.717, 1.165) is 38.0 Å². The molecule has 4 aromatic rings. The lowest BCUT2D eigenvalue weighted by molar-refractivity contribution is -0.0979. The summed E-state index contributed by atoms with van der Waals surface area (Å²) in [7, 11) is 1.82. The summed E-state index contributed by atoms with van der Waals surface area (Å²) in [5.41, 5.74) is 2.55. The molecule has 0 aromatic carbocycles. The number of aryl methyl sites for hydroxylation is 2. The Labute approximate surface area is 184 Å². The highest BCUT2D eigenvalue weighted by Crippen LogP contribution is 2.52. The van der Waals surface area contributed by atoms with Gasteiger partial charge in [-0.05, 0) is 61.3 Å². The number of likely N-dealkylation sites (tertiary alicyclic amines) is 1. The van der Waals surface area contributed by atoms with Crippen molar-refractivity contribution in [1.82, 2.24) is 33.8 Å². The van der Waals surface area contributed by atoms with E-state index in [0.29, 0.717) is 34.5 Å². The van der Waals surface area contributed by atoms with E-state index in [9.17, 15) is 9.18 Å². The van der Waals surface area contributed by atoms with Gasteiger partial charge in [0.2, 0.25) is 0 Å². The van der Waals surface area contributed by atoms with Gasteiger partial charge in [0.15, 0.2) is 5.65 Å². The molecular formula is C23H26FN7O. The summed E-state index contributed by atoms with van der Waals surface area (Å²) >= 11 is 0. The summed E-state index contributed by atoms with van der Waals surface area (Å²) in [6, 6.07) is 3.77. The predicted molar refractivity (Wildman–Crippen MR) is 118 cm³/mol. The van der Waals surface area contributed by atoms with Crippen LogP contribution in [0.4, 0.5) is 4.39 Å². The van der Waals surface area contributed by atoms with Gasteiger partial charge in [-0.25, -0.2) is 4.39 Å². The molecule has 1 saturated heterocycles. The van der Waals surface area contributed by atoms with E-state index in [1.807, 2.05) is 23.9 Å². The minimum Gasteiger partial charge on any atom is -0.313 e. The van der Waals surface area contributed by atoms with Gasteiger partial charge in [0.05, 0.1) is 6.20 Å². The SMILES string of the molecule is Cn1ncc2ccn(CC3CC4(C3)CN(CCCc3cc5nncn5cc3F)C4)c(=O)c21. The zero-order valence-corrected chi connectivity index (χ0v) is 18.1. The van der Waals surface area contributed by atoms with E-state index in [4.69, 9.17) is 0 Å². The second-order valence-electron chi connectivity index (χ2n) is 9.68. The van der Waals surface area contributed by atoms with Crippen LogP contribution in [0.3, 0.4) is 0 Å². The number of nitrogens with zero attached hydrogens (tertiary/aromatic N) is 7. The van der Waals surface area contributed by atoms with Crippen LogP contribution < -0.4 is 5.56 Å². The van der Waals surface area contributed by atoms with Crippen molar-refractivity contribution in [3.05, 3.63) is 58.8 Å². The van der Waals surface area contributed by atoms with Gasteiger partial charge in [-0.1, -0.05) is 0 Å². The molecule has 6 rings (SSSR count). The van der Waals surface area contributed by atoms with E-state index in [2.05, 4.69) is 20.2 Å². The van der Waals surface area contributed by atoms with Gasteiger partial charge in [0.1, 0.15) is 17.7 Å². The molecular weight excluding hydrogens is 409 g/mol. The molecule has 0 atom stereocenters. The van der Waals surface area contributed by atoms with Gasteiger partial charge in [0, 0.05) is 44.5 Å². The Balaban J connectivity index is 0.987. The van der Waals surface area contributed by atoms with Crippen LogP contribution in [0.25, 0.3) is 16.6 Å². The zero-order chi connectivity index (χ0) is 21.9. The molecule has 2 fully saturated rings. The van der Waals surface area contributed by atoms with Crippen LogP contribution in [-0.2, 0) is 20.0 Å². The van der Waals surface area contributed by atoms with Gasteiger partial charge in [-0.15, -0.1) is 10.2 Å². The number of hydrogen-bond acceptors (Lipinski definition) is 5. The van der Waals surface area contributed by atoms with Crippen molar-refractivity contribution in [3.8, 4) is 0 Å². The number of aromatic nitrogens is 6. The molecule has 0 N–H and O–H groups in total. The number of fused-ring (bicyclic) bond motifs is 2. The maximum absolute atomic E-state index is 14.2. The van der Waals surface area contributed by atoms with Gasteiger partial charge < -0.3 is 9.47 Å². The molecule has 0 amide bonds. The predicted octanol–water partition coefficient (Wildman–Crippen LogP) is 2.26. The van der Waals surface area contributed by atoms with Crippen molar-refractivity contribution < 1.29 is 4.39 Å². The van der Waals surface area contributed by atoms with Crippen LogP contribution in [0.15, 0.2) is 41.8 Å². The first-order chi connectivity index (χ1) is 15.5. The fourth-order valence-electron chi connectivity index (χ4n) is 5.82. The molecule has 166 valence electrons. The molecule has 0 bridgehead atoms. The summed E-state index contributed by atoms with van der Waals surface area (Å²) in [5.74, 6) is 0.364. The minimum absolute atomic E-state index is 0.0511. The third-order valence-corrected chi connectivity index (χ3v) is 7.26. The van der Waals surface area contributed by atoms with E-state index >= 15 is 0 Å². The quantitative estimate of drug-likeness (QED) is 0.465. The summed E-state index contributed by atoms with van der Waals surface area (Å²) in [6.07, 6.45) is 10.6. The summed E-state index contributed by atoms with van der Waals surface area (Å²) in [5, 5.41) is 12.9. The van der Waals surface area contributed by atoms with E-state index in [1.54, 1.807) is 21.3 Å². The lowest BCUT2D eigenvalue weighted by atomic mass is 9.57. The normalized spacial score (nSPS) is 18.4. The van der Waals surface area contributed by atoms with E-state index < -0.39 is 0 Å². The van der Waals surface area contributed by atoms with Crippen LogP contribution in [0.1, 0.15) is 24.8 Å². The molecule has 0 unspecified atom stereocenters. The molecule has 2 aliphatic rings.